The molecule has 0 aromatic heterocycles. The molecule has 0 aliphatic heterocycles. The molecular weight excluding hydrogens is 188 g/mol. The summed E-state index contributed by atoms with van der Waals surface area (Å²) in [6, 6.07) is 0. The van der Waals surface area contributed by atoms with Crippen LogP contribution in [0.4, 0.5) is 0 Å². The first kappa shape index (κ1) is 11.8. The van der Waals surface area contributed by atoms with Gasteiger partial charge in [0.1, 0.15) is 0 Å². The fraction of sp³-hybridized carbons (Fsp3) is 0.615. The Hall–Kier alpha value is -1.23. The van der Waals surface area contributed by atoms with Gasteiger partial charge in [0.05, 0.1) is 6.42 Å². The highest BCUT2D eigenvalue weighted by molar-refractivity contribution is 5.67. The summed E-state index contributed by atoms with van der Waals surface area (Å²) in [5, 5.41) is 8.87. The molecule has 2 atom stereocenters. The highest BCUT2D eigenvalue weighted by Crippen LogP contribution is 2.40. The number of allylic oxidation sites excluding steroid dienone is 2. The Bertz CT molecular complexity index is 319. The van der Waals surface area contributed by atoms with Gasteiger partial charge in [-0.3, -0.25) is 4.79 Å². The van der Waals surface area contributed by atoms with Gasteiger partial charge in [-0.25, -0.2) is 0 Å². The van der Waals surface area contributed by atoms with Crippen molar-refractivity contribution in [1.29, 1.82) is 0 Å². The molecule has 2 unspecified atom stereocenters. The molecule has 0 fully saturated rings. The Morgan fingerprint density at radius 2 is 2.33 bits per heavy atom. The van der Waals surface area contributed by atoms with E-state index in [1.807, 2.05) is 0 Å². The number of hydrogen-bond acceptors (Lipinski definition) is 1. The minimum absolute atomic E-state index is 0.0232. The number of carbonyl (C=O) groups is 1. The molecule has 1 aliphatic rings. The first-order chi connectivity index (χ1) is 7.08. The summed E-state index contributed by atoms with van der Waals surface area (Å²) in [5.74, 6) is 5.14. The van der Waals surface area contributed by atoms with Gasteiger partial charge in [0.25, 0.3) is 0 Å². The number of aliphatic carboxylic acids is 1. The molecule has 0 saturated carbocycles. The molecule has 0 amide bonds. The molecule has 0 bridgehead atoms. The van der Waals surface area contributed by atoms with Crippen LogP contribution in [0, 0.1) is 23.2 Å². The van der Waals surface area contributed by atoms with Gasteiger partial charge in [0.15, 0.2) is 0 Å². The first-order valence-corrected chi connectivity index (χ1v) is 5.37. The molecule has 15 heavy (non-hydrogen) atoms. The van der Waals surface area contributed by atoms with Crippen molar-refractivity contribution in [2.45, 2.75) is 39.5 Å². The van der Waals surface area contributed by atoms with Crippen molar-refractivity contribution < 1.29 is 9.90 Å². The first-order valence-electron chi connectivity index (χ1n) is 5.37. The lowest BCUT2D eigenvalue weighted by molar-refractivity contribution is -0.138. The average molecular weight is 206 g/mol. The predicted molar refractivity (Wildman–Crippen MR) is 60.3 cm³/mol. The molecule has 82 valence electrons. The van der Waals surface area contributed by atoms with Crippen molar-refractivity contribution in [3.05, 3.63) is 12.2 Å². The van der Waals surface area contributed by atoms with E-state index >= 15 is 0 Å². The van der Waals surface area contributed by atoms with Crippen molar-refractivity contribution in [3.8, 4) is 11.8 Å². The van der Waals surface area contributed by atoms with E-state index in [0.717, 1.165) is 19.3 Å². The van der Waals surface area contributed by atoms with E-state index < -0.39 is 5.97 Å². The second-order valence-electron chi connectivity index (χ2n) is 4.41. The van der Waals surface area contributed by atoms with Gasteiger partial charge in [-0.2, -0.15) is 0 Å². The molecule has 0 aromatic carbocycles. The van der Waals surface area contributed by atoms with Crippen LogP contribution in [0.15, 0.2) is 12.2 Å². The molecule has 1 N–H and O–H groups in total. The van der Waals surface area contributed by atoms with E-state index in [1.54, 1.807) is 6.92 Å². The summed E-state index contributed by atoms with van der Waals surface area (Å²) in [5.41, 5.74) is 0.0378. The van der Waals surface area contributed by atoms with Gasteiger partial charge in [-0.1, -0.05) is 25.0 Å². The van der Waals surface area contributed by atoms with Crippen LogP contribution in [0.25, 0.3) is 0 Å². The molecule has 1 rings (SSSR count). The predicted octanol–water partition coefficient (Wildman–Crippen LogP) is 2.85. The topological polar surface area (TPSA) is 37.3 Å². The van der Waals surface area contributed by atoms with Crippen LogP contribution in [0.1, 0.15) is 39.5 Å². The zero-order valence-corrected chi connectivity index (χ0v) is 9.42. The van der Waals surface area contributed by atoms with Gasteiger partial charge in [0, 0.05) is 5.92 Å². The summed E-state index contributed by atoms with van der Waals surface area (Å²) in [6.45, 7) is 3.92. The minimum atomic E-state index is -0.751. The SMILES string of the molecule is CC#CC(CC(=O)O)C1(C)CC=CCC1. The third-order valence-corrected chi connectivity index (χ3v) is 3.17. The van der Waals surface area contributed by atoms with Crippen LogP contribution in [0.2, 0.25) is 0 Å². The van der Waals surface area contributed by atoms with Crippen LogP contribution >= 0.6 is 0 Å². The van der Waals surface area contributed by atoms with E-state index in [-0.39, 0.29) is 17.8 Å². The van der Waals surface area contributed by atoms with Crippen molar-refractivity contribution >= 4 is 5.97 Å². The highest BCUT2D eigenvalue weighted by atomic mass is 16.4. The van der Waals surface area contributed by atoms with Crippen LogP contribution in [0.3, 0.4) is 0 Å². The number of carboxylic acid groups (broad SMARTS) is 1. The maximum absolute atomic E-state index is 10.8. The fourth-order valence-electron chi connectivity index (χ4n) is 2.12. The van der Waals surface area contributed by atoms with Crippen LogP contribution in [0.5, 0.6) is 0 Å². The van der Waals surface area contributed by atoms with Crippen LogP contribution < -0.4 is 0 Å². The zero-order valence-electron chi connectivity index (χ0n) is 9.42. The quantitative estimate of drug-likeness (QED) is 0.569. The Morgan fingerprint density at radius 1 is 1.60 bits per heavy atom. The minimum Gasteiger partial charge on any atom is -0.481 e. The van der Waals surface area contributed by atoms with Crippen LogP contribution in [-0.4, -0.2) is 11.1 Å². The van der Waals surface area contributed by atoms with Gasteiger partial charge >= 0.3 is 5.97 Å². The molecule has 0 heterocycles. The van der Waals surface area contributed by atoms with Crippen molar-refractivity contribution in [1.82, 2.24) is 0 Å². The monoisotopic (exact) mass is 206 g/mol. The standard InChI is InChI=1S/C13H18O2/c1-3-7-11(10-12(14)15)13(2)8-5-4-6-9-13/h4-5,11H,6,8-10H2,1-2H3,(H,14,15). The van der Waals surface area contributed by atoms with Gasteiger partial charge < -0.3 is 5.11 Å². The number of rotatable bonds is 3. The average Bonchev–Trinajstić information content (AvgIpc) is 2.18. The van der Waals surface area contributed by atoms with E-state index in [2.05, 4.69) is 30.9 Å². The normalized spacial score (nSPS) is 26.5. The Morgan fingerprint density at radius 3 is 2.80 bits per heavy atom. The lowest BCUT2D eigenvalue weighted by Crippen LogP contribution is -2.29. The Labute approximate surface area is 91.4 Å². The number of carboxylic acids is 1. The molecule has 2 nitrogen and oxygen atoms in total. The van der Waals surface area contributed by atoms with Crippen LogP contribution in [-0.2, 0) is 4.79 Å². The molecule has 0 radical (unpaired) electrons. The highest BCUT2D eigenvalue weighted by Gasteiger charge is 2.34. The van der Waals surface area contributed by atoms with Gasteiger partial charge in [-0.15, -0.1) is 5.92 Å². The van der Waals surface area contributed by atoms with Gasteiger partial charge in [0.2, 0.25) is 0 Å². The maximum atomic E-state index is 10.8. The Balaban J connectivity index is 2.80. The van der Waals surface area contributed by atoms with Crippen molar-refractivity contribution in [3.63, 3.8) is 0 Å². The molecule has 0 saturated heterocycles. The molecular formula is C13H18O2. The summed E-state index contributed by atoms with van der Waals surface area (Å²) in [4.78, 5) is 10.8. The lowest BCUT2D eigenvalue weighted by atomic mass is 9.68. The van der Waals surface area contributed by atoms with Crippen molar-refractivity contribution in [2.24, 2.45) is 11.3 Å². The van der Waals surface area contributed by atoms with E-state index in [0.29, 0.717) is 0 Å². The zero-order chi connectivity index (χ0) is 11.3. The number of hydrogen-bond donors (Lipinski definition) is 1. The second kappa shape index (κ2) is 5.02. The third kappa shape index (κ3) is 3.13. The van der Waals surface area contributed by atoms with Gasteiger partial charge in [-0.05, 0) is 31.6 Å². The van der Waals surface area contributed by atoms with E-state index in [9.17, 15) is 4.79 Å². The Kier molecular flexibility index (Phi) is 3.96. The summed E-state index contributed by atoms with van der Waals surface area (Å²) in [7, 11) is 0. The molecule has 0 aromatic rings. The maximum Gasteiger partial charge on any atom is 0.304 e. The smallest absolute Gasteiger partial charge is 0.304 e. The second-order valence-corrected chi connectivity index (χ2v) is 4.41. The third-order valence-electron chi connectivity index (χ3n) is 3.17. The van der Waals surface area contributed by atoms with E-state index in [1.165, 1.54) is 0 Å². The fourth-order valence-corrected chi connectivity index (χ4v) is 2.12. The summed E-state index contributed by atoms with van der Waals surface area (Å²) in [6.07, 6.45) is 7.49. The summed E-state index contributed by atoms with van der Waals surface area (Å²) >= 11 is 0. The molecule has 1 aliphatic carbocycles. The molecule has 0 spiro atoms. The van der Waals surface area contributed by atoms with Crippen molar-refractivity contribution in [2.75, 3.05) is 0 Å². The van der Waals surface area contributed by atoms with E-state index in [4.69, 9.17) is 5.11 Å². The molecule has 2 heteroatoms. The largest absolute Gasteiger partial charge is 0.481 e. The lowest BCUT2D eigenvalue weighted by Gasteiger charge is -2.35. The summed E-state index contributed by atoms with van der Waals surface area (Å²) < 4.78 is 0.